The summed E-state index contributed by atoms with van der Waals surface area (Å²) in [6.07, 6.45) is 5.32. The third kappa shape index (κ3) is 4.05. The maximum atomic E-state index is 11.0. The molecule has 82 valence electrons. The fourth-order valence-corrected chi connectivity index (χ4v) is 2.05. The number of H-pyrrole nitrogens is 1. The van der Waals surface area contributed by atoms with Crippen molar-refractivity contribution >= 4 is 11.8 Å². The van der Waals surface area contributed by atoms with Crippen LogP contribution in [0.4, 0.5) is 0 Å². The molecule has 0 spiro atoms. The van der Waals surface area contributed by atoms with Crippen molar-refractivity contribution in [3.05, 3.63) is 22.6 Å². The van der Waals surface area contributed by atoms with E-state index in [2.05, 4.69) is 15.3 Å². The average Bonchev–Trinajstić information content (AvgIpc) is 3.01. The minimum Gasteiger partial charge on any atom is -0.314 e. The second-order valence-corrected chi connectivity index (χ2v) is 4.75. The molecule has 0 atom stereocenters. The molecule has 15 heavy (non-hydrogen) atoms. The summed E-state index contributed by atoms with van der Waals surface area (Å²) in [5.74, 6) is 0.993. The smallest absolute Gasteiger partial charge is 0.251 e. The molecule has 1 heterocycles. The monoisotopic (exact) mass is 225 g/mol. The third-order valence-electron chi connectivity index (χ3n) is 2.22. The SMILES string of the molecule is O=c1ccnc(SCCCNC2CC2)[nH]1. The summed E-state index contributed by atoms with van der Waals surface area (Å²) >= 11 is 1.60. The highest BCUT2D eigenvalue weighted by molar-refractivity contribution is 7.99. The summed E-state index contributed by atoms with van der Waals surface area (Å²) in [6, 6.07) is 2.21. The Morgan fingerprint density at radius 1 is 1.60 bits per heavy atom. The maximum Gasteiger partial charge on any atom is 0.251 e. The molecule has 1 aromatic heterocycles. The first-order valence-corrected chi connectivity index (χ1v) is 6.25. The van der Waals surface area contributed by atoms with E-state index < -0.39 is 0 Å². The largest absolute Gasteiger partial charge is 0.314 e. The molecule has 5 heteroatoms. The van der Waals surface area contributed by atoms with Crippen LogP contribution >= 0.6 is 11.8 Å². The van der Waals surface area contributed by atoms with Crippen LogP contribution in [0.5, 0.6) is 0 Å². The van der Waals surface area contributed by atoms with E-state index in [1.54, 1.807) is 18.0 Å². The molecular formula is C10H15N3OS. The van der Waals surface area contributed by atoms with E-state index in [1.165, 1.54) is 18.9 Å². The summed E-state index contributed by atoms with van der Waals surface area (Å²) in [7, 11) is 0. The van der Waals surface area contributed by atoms with Crippen LogP contribution in [-0.4, -0.2) is 28.3 Å². The average molecular weight is 225 g/mol. The Kier molecular flexibility index (Phi) is 3.80. The van der Waals surface area contributed by atoms with E-state index in [-0.39, 0.29) is 5.56 Å². The summed E-state index contributed by atoms with van der Waals surface area (Å²) < 4.78 is 0. The Balaban J connectivity index is 1.62. The van der Waals surface area contributed by atoms with Gasteiger partial charge in [0.25, 0.3) is 5.56 Å². The van der Waals surface area contributed by atoms with Crippen molar-refractivity contribution in [3.63, 3.8) is 0 Å². The molecule has 0 aliphatic heterocycles. The molecule has 2 N–H and O–H groups in total. The first-order valence-electron chi connectivity index (χ1n) is 5.26. The zero-order chi connectivity index (χ0) is 10.5. The zero-order valence-electron chi connectivity index (χ0n) is 8.53. The molecule has 1 saturated carbocycles. The number of hydrogen-bond acceptors (Lipinski definition) is 4. The quantitative estimate of drug-likeness (QED) is 0.431. The van der Waals surface area contributed by atoms with Crippen molar-refractivity contribution < 1.29 is 0 Å². The maximum absolute atomic E-state index is 11.0. The Hall–Kier alpha value is -0.810. The Bertz CT molecular complexity index is 362. The van der Waals surface area contributed by atoms with Crippen LogP contribution in [0.15, 0.2) is 22.2 Å². The first-order chi connectivity index (χ1) is 7.34. The summed E-state index contributed by atoms with van der Waals surface area (Å²) in [5, 5.41) is 4.17. The Morgan fingerprint density at radius 2 is 2.47 bits per heavy atom. The van der Waals surface area contributed by atoms with Gasteiger partial charge in [-0.05, 0) is 25.8 Å². The highest BCUT2D eigenvalue weighted by atomic mass is 32.2. The van der Waals surface area contributed by atoms with Crippen LogP contribution in [0.2, 0.25) is 0 Å². The normalized spacial score (nSPS) is 15.5. The van der Waals surface area contributed by atoms with Gasteiger partial charge in [0.15, 0.2) is 5.16 Å². The van der Waals surface area contributed by atoms with Gasteiger partial charge in [0.1, 0.15) is 0 Å². The van der Waals surface area contributed by atoms with Gasteiger partial charge in [-0.25, -0.2) is 4.98 Å². The second-order valence-electron chi connectivity index (χ2n) is 3.67. The summed E-state index contributed by atoms with van der Waals surface area (Å²) in [5.41, 5.74) is -0.0800. The standard InChI is InChI=1S/C10H15N3OS/c14-9-4-6-12-10(13-9)15-7-1-5-11-8-2-3-8/h4,6,8,11H,1-3,5,7H2,(H,12,13,14). The van der Waals surface area contributed by atoms with Crippen LogP contribution in [0.25, 0.3) is 0 Å². The van der Waals surface area contributed by atoms with E-state index in [4.69, 9.17) is 0 Å². The van der Waals surface area contributed by atoms with Crippen molar-refractivity contribution in [1.29, 1.82) is 0 Å². The minimum absolute atomic E-state index is 0.0800. The van der Waals surface area contributed by atoms with Crippen molar-refractivity contribution in [2.24, 2.45) is 0 Å². The van der Waals surface area contributed by atoms with Gasteiger partial charge in [-0.15, -0.1) is 0 Å². The van der Waals surface area contributed by atoms with Crippen molar-refractivity contribution in [2.75, 3.05) is 12.3 Å². The molecule has 0 amide bonds. The number of aromatic amines is 1. The Labute approximate surface area is 92.9 Å². The number of thioether (sulfide) groups is 1. The number of nitrogens with one attached hydrogen (secondary N) is 2. The van der Waals surface area contributed by atoms with Gasteiger partial charge in [0.05, 0.1) is 0 Å². The van der Waals surface area contributed by atoms with Gasteiger partial charge in [0.2, 0.25) is 0 Å². The molecule has 1 aliphatic carbocycles. The van der Waals surface area contributed by atoms with Gasteiger partial charge in [0, 0.05) is 24.1 Å². The van der Waals surface area contributed by atoms with Gasteiger partial charge < -0.3 is 10.3 Å². The third-order valence-corrected chi connectivity index (χ3v) is 3.19. The van der Waals surface area contributed by atoms with Gasteiger partial charge >= 0.3 is 0 Å². The van der Waals surface area contributed by atoms with E-state index in [0.29, 0.717) is 5.16 Å². The topological polar surface area (TPSA) is 57.8 Å². The van der Waals surface area contributed by atoms with Gasteiger partial charge in [-0.2, -0.15) is 0 Å². The Morgan fingerprint density at radius 3 is 3.20 bits per heavy atom. The van der Waals surface area contributed by atoms with Crippen LogP contribution in [0.3, 0.4) is 0 Å². The summed E-state index contributed by atoms with van der Waals surface area (Å²) in [6.45, 7) is 1.06. The molecule has 1 fully saturated rings. The van der Waals surface area contributed by atoms with Gasteiger partial charge in [-0.3, -0.25) is 4.79 Å². The lowest BCUT2D eigenvalue weighted by molar-refractivity contribution is 0.673. The zero-order valence-corrected chi connectivity index (χ0v) is 9.35. The minimum atomic E-state index is -0.0800. The van der Waals surface area contributed by atoms with E-state index in [0.717, 1.165) is 24.8 Å². The first kappa shape index (κ1) is 10.7. The molecule has 0 bridgehead atoms. The van der Waals surface area contributed by atoms with Crippen molar-refractivity contribution in [3.8, 4) is 0 Å². The molecule has 1 aromatic rings. The number of hydrogen-bond donors (Lipinski definition) is 2. The lowest BCUT2D eigenvalue weighted by atomic mass is 10.5. The van der Waals surface area contributed by atoms with Crippen LogP contribution < -0.4 is 10.9 Å². The molecule has 0 saturated heterocycles. The molecule has 0 radical (unpaired) electrons. The summed E-state index contributed by atoms with van der Waals surface area (Å²) in [4.78, 5) is 17.7. The van der Waals surface area contributed by atoms with Crippen LogP contribution in [0.1, 0.15) is 19.3 Å². The van der Waals surface area contributed by atoms with E-state index >= 15 is 0 Å². The number of aromatic nitrogens is 2. The molecule has 4 nitrogen and oxygen atoms in total. The fourth-order valence-electron chi connectivity index (χ4n) is 1.26. The molecule has 2 rings (SSSR count). The molecule has 1 aliphatic rings. The van der Waals surface area contributed by atoms with Crippen molar-refractivity contribution in [2.45, 2.75) is 30.5 Å². The molecule has 0 unspecified atom stereocenters. The van der Waals surface area contributed by atoms with E-state index in [9.17, 15) is 4.79 Å². The van der Waals surface area contributed by atoms with Crippen molar-refractivity contribution in [1.82, 2.24) is 15.3 Å². The highest BCUT2D eigenvalue weighted by Gasteiger charge is 2.19. The van der Waals surface area contributed by atoms with Crippen LogP contribution in [0, 0.1) is 0 Å². The van der Waals surface area contributed by atoms with E-state index in [1.807, 2.05) is 0 Å². The lowest BCUT2D eigenvalue weighted by Gasteiger charge is -2.01. The highest BCUT2D eigenvalue weighted by Crippen LogP contribution is 2.18. The molecular weight excluding hydrogens is 210 g/mol. The lowest BCUT2D eigenvalue weighted by Crippen LogP contribution is -2.17. The molecule has 0 aromatic carbocycles. The predicted molar refractivity (Wildman–Crippen MR) is 61.2 cm³/mol. The van der Waals surface area contributed by atoms with Crippen LogP contribution in [-0.2, 0) is 0 Å². The second kappa shape index (κ2) is 5.32. The predicted octanol–water partition coefficient (Wildman–Crippen LogP) is 1.00. The number of rotatable bonds is 6. The fraction of sp³-hybridized carbons (Fsp3) is 0.600. The number of nitrogens with zero attached hydrogens (tertiary/aromatic N) is 1. The van der Waals surface area contributed by atoms with Gasteiger partial charge in [-0.1, -0.05) is 11.8 Å².